The molecule has 3 nitrogen and oxygen atoms in total. The lowest BCUT2D eigenvalue weighted by molar-refractivity contribution is 1.07. The second-order valence-corrected chi connectivity index (χ2v) is 17.6. The van der Waals surface area contributed by atoms with Gasteiger partial charge in [0.15, 0.2) is 17.5 Å². The second-order valence-electron chi connectivity index (χ2n) is 16.6. The Kier molecular flexibility index (Phi) is 10.2. The lowest BCUT2D eigenvalue weighted by Crippen LogP contribution is -2.47. The number of rotatable bonds is 7. The van der Waals surface area contributed by atoms with Crippen LogP contribution in [0.3, 0.4) is 0 Å². The van der Waals surface area contributed by atoms with Gasteiger partial charge in [-0.1, -0.05) is 161 Å². The SMILES string of the molecule is Bc1c(B)c(B)c2c(sc3c(B)c(B)c(B)c(-c4cc(-c5ccccc5)cc(-c5nc(-c6ccc(-c7ccccc7)cc6)nc(-c6cccc(-c7ccccc7)c6)n5)c4)c32)c1B. The first-order valence-electron chi connectivity index (χ1n) is 21.4. The zero-order valence-corrected chi connectivity index (χ0v) is 37.1. The minimum Gasteiger partial charge on any atom is -0.208 e. The van der Waals surface area contributed by atoms with Gasteiger partial charge in [0.25, 0.3) is 0 Å². The molecule has 0 saturated carbocycles. The quantitative estimate of drug-likeness (QED) is 0.231. The maximum atomic E-state index is 5.35. The summed E-state index contributed by atoms with van der Waals surface area (Å²) < 4.78 is 2.75. The fraction of sp³-hybridized carbons (Fsp3) is 0. The summed E-state index contributed by atoms with van der Waals surface area (Å²) in [5.41, 5.74) is 21.6. The summed E-state index contributed by atoms with van der Waals surface area (Å²) in [6.07, 6.45) is 0. The van der Waals surface area contributed by atoms with Gasteiger partial charge < -0.3 is 0 Å². The molecule has 0 aliphatic heterocycles. The normalized spacial score (nSPS) is 11.4. The molecule has 0 saturated heterocycles. The van der Waals surface area contributed by atoms with Crippen molar-refractivity contribution in [2.75, 3.05) is 0 Å². The molecule has 286 valence electrons. The molecular formula is C51H40B7N3S. The van der Waals surface area contributed by atoms with Crippen LogP contribution in [0.5, 0.6) is 0 Å². The first-order chi connectivity index (χ1) is 30.1. The number of aromatic nitrogens is 3. The van der Waals surface area contributed by atoms with Crippen molar-refractivity contribution in [3.05, 3.63) is 158 Å². The van der Waals surface area contributed by atoms with Crippen molar-refractivity contribution >= 4 is 125 Å². The van der Waals surface area contributed by atoms with Gasteiger partial charge in [-0.2, -0.15) is 0 Å². The highest BCUT2D eigenvalue weighted by Gasteiger charge is 2.23. The van der Waals surface area contributed by atoms with Gasteiger partial charge in [0, 0.05) is 31.5 Å². The van der Waals surface area contributed by atoms with Crippen molar-refractivity contribution in [2.45, 2.75) is 0 Å². The molecule has 0 atom stereocenters. The van der Waals surface area contributed by atoms with E-state index in [1.54, 1.807) is 0 Å². The third-order valence-electron chi connectivity index (χ3n) is 13.1. The van der Waals surface area contributed by atoms with E-state index in [0.717, 1.165) is 50.1 Å². The lowest BCUT2D eigenvalue weighted by atomic mass is 9.64. The van der Waals surface area contributed by atoms with Crippen molar-refractivity contribution in [2.24, 2.45) is 0 Å². The standard InChI is InChI=1S/C51H40B7N3S/c52-40-37(38-39-41(53)42(54)44(56)46(58)48(39)62-47(38)45(57)43(40)55)35-24-34(29-15-8-3-9-16-29)25-36(26-35)51-60-49(31-21-19-30(20-22-31)27-11-4-1-5-12-27)59-50(61-51)33-18-10-17-32(23-33)28-13-6-2-7-14-28/h1-26H,52-58H2. The molecule has 8 aromatic carbocycles. The van der Waals surface area contributed by atoms with Crippen LogP contribution in [-0.2, 0) is 0 Å². The average Bonchev–Trinajstić information content (AvgIpc) is 3.73. The first-order valence-corrected chi connectivity index (χ1v) is 22.2. The summed E-state index contributed by atoms with van der Waals surface area (Å²) in [6, 6.07) is 55.7. The van der Waals surface area contributed by atoms with E-state index in [4.69, 9.17) is 15.0 Å². The molecule has 11 heteroatoms. The van der Waals surface area contributed by atoms with Gasteiger partial charge in [0.2, 0.25) is 0 Å². The average molecular weight is 803 g/mol. The molecule has 0 unspecified atom stereocenters. The molecule has 0 aliphatic carbocycles. The van der Waals surface area contributed by atoms with E-state index in [0.29, 0.717) is 17.5 Å². The van der Waals surface area contributed by atoms with Crippen molar-refractivity contribution < 1.29 is 0 Å². The Hall–Kier alpha value is -6.56. The van der Waals surface area contributed by atoms with Gasteiger partial charge in [-0.3, -0.25) is 0 Å². The fourth-order valence-electron chi connectivity index (χ4n) is 9.04. The number of nitrogens with zero attached hydrogens (tertiary/aromatic N) is 3. The Morgan fingerprint density at radius 2 is 0.661 bits per heavy atom. The predicted molar refractivity (Wildman–Crippen MR) is 288 cm³/mol. The molecule has 0 N–H and O–H groups in total. The summed E-state index contributed by atoms with van der Waals surface area (Å²) >= 11 is 1.95. The van der Waals surface area contributed by atoms with Crippen LogP contribution in [0, 0.1) is 0 Å². The predicted octanol–water partition coefficient (Wildman–Crippen LogP) is 1.72. The van der Waals surface area contributed by atoms with E-state index in [1.807, 2.05) is 23.5 Å². The smallest absolute Gasteiger partial charge is 0.164 e. The van der Waals surface area contributed by atoms with Crippen molar-refractivity contribution in [1.82, 2.24) is 15.0 Å². The third-order valence-corrected chi connectivity index (χ3v) is 14.5. The number of benzene rings is 8. The molecule has 0 spiro atoms. The molecule has 0 bridgehead atoms. The summed E-state index contributed by atoms with van der Waals surface area (Å²) in [7, 11) is 16.0. The van der Waals surface area contributed by atoms with Crippen LogP contribution in [0.25, 0.3) is 98.8 Å². The third kappa shape index (κ3) is 6.95. The monoisotopic (exact) mass is 803 g/mol. The second kappa shape index (κ2) is 16.0. The number of hydrogen-bond acceptors (Lipinski definition) is 4. The van der Waals surface area contributed by atoms with Crippen LogP contribution >= 0.6 is 11.3 Å². The zero-order valence-electron chi connectivity index (χ0n) is 36.3. The van der Waals surface area contributed by atoms with Gasteiger partial charge in [-0.25, -0.2) is 15.0 Å². The van der Waals surface area contributed by atoms with Crippen LogP contribution in [0.15, 0.2) is 158 Å². The van der Waals surface area contributed by atoms with E-state index in [-0.39, 0.29) is 0 Å². The van der Waals surface area contributed by atoms with E-state index < -0.39 is 0 Å². The maximum Gasteiger partial charge on any atom is 0.164 e. The van der Waals surface area contributed by atoms with E-state index >= 15 is 0 Å². The largest absolute Gasteiger partial charge is 0.208 e. The highest BCUT2D eigenvalue weighted by molar-refractivity contribution is 7.28. The van der Waals surface area contributed by atoms with Gasteiger partial charge >= 0.3 is 0 Å². The molecule has 0 aliphatic rings. The Bertz CT molecular complexity index is 3360. The molecule has 0 radical (unpaired) electrons. The van der Waals surface area contributed by atoms with Crippen molar-refractivity contribution in [3.8, 4) is 78.7 Å². The van der Waals surface area contributed by atoms with Gasteiger partial charge in [-0.15, -0.1) is 22.3 Å². The molecule has 0 fully saturated rings. The van der Waals surface area contributed by atoms with Gasteiger partial charge in [-0.05, 0) is 74.2 Å². The Morgan fingerprint density at radius 3 is 1.27 bits per heavy atom. The Morgan fingerprint density at radius 1 is 0.274 bits per heavy atom. The van der Waals surface area contributed by atoms with Crippen LogP contribution < -0.4 is 38.2 Å². The van der Waals surface area contributed by atoms with Gasteiger partial charge in [0.05, 0.1) is 0 Å². The fourth-order valence-corrected chi connectivity index (χ4v) is 10.5. The van der Waals surface area contributed by atoms with Gasteiger partial charge in [0.1, 0.15) is 54.9 Å². The highest BCUT2D eigenvalue weighted by atomic mass is 32.1. The first kappa shape index (κ1) is 39.6. The summed E-state index contributed by atoms with van der Waals surface area (Å²) in [5.74, 6) is 1.90. The highest BCUT2D eigenvalue weighted by Crippen LogP contribution is 2.39. The summed E-state index contributed by atoms with van der Waals surface area (Å²) in [5, 5.41) is 2.72. The van der Waals surface area contributed by atoms with Crippen LogP contribution in [0.4, 0.5) is 0 Å². The topological polar surface area (TPSA) is 38.7 Å². The molecular weight excluding hydrogens is 762 g/mol. The molecule has 10 aromatic rings. The Balaban J connectivity index is 1.24. The minimum absolute atomic E-state index is 0.631. The Labute approximate surface area is 374 Å². The molecule has 2 aromatic heterocycles. The summed E-state index contributed by atoms with van der Waals surface area (Å²) in [6.45, 7) is 0. The van der Waals surface area contributed by atoms with E-state index in [2.05, 4.69) is 201 Å². The van der Waals surface area contributed by atoms with Crippen molar-refractivity contribution in [3.63, 3.8) is 0 Å². The molecule has 10 rings (SSSR count). The van der Waals surface area contributed by atoms with E-state index in [9.17, 15) is 0 Å². The van der Waals surface area contributed by atoms with Crippen LogP contribution in [-0.4, -0.2) is 69.9 Å². The van der Waals surface area contributed by atoms with Crippen LogP contribution in [0.2, 0.25) is 0 Å². The molecule has 2 heterocycles. The maximum absolute atomic E-state index is 5.35. The lowest BCUT2D eigenvalue weighted by Gasteiger charge is -2.19. The number of thiophene rings is 1. The van der Waals surface area contributed by atoms with E-state index in [1.165, 1.54) is 69.5 Å². The molecule has 0 amide bonds. The minimum atomic E-state index is 0.631. The molecule has 62 heavy (non-hydrogen) atoms. The van der Waals surface area contributed by atoms with Crippen molar-refractivity contribution in [1.29, 1.82) is 0 Å². The number of hydrogen-bond donors (Lipinski definition) is 0. The zero-order chi connectivity index (χ0) is 42.6. The number of fused-ring (bicyclic) bond motifs is 3. The summed E-state index contributed by atoms with van der Waals surface area (Å²) in [4.78, 5) is 15.9. The van der Waals surface area contributed by atoms with Crippen LogP contribution in [0.1, 0.15) is 0 Å².